The average molecular weight is 680 g/mol. The van der Waals surface area contributed by atoms with Gasteiger partial charge in [0.15, 0.2) is 0 Å². The van der Waals surface area contributed by atoms with Crippen LogP contribution in [0.15, 0.2) is 0 Å². The number of rotatable bonds is 0. The van der Waals surface area contributed by atoms with Crippen molar-refractivity contribution in [3.8, 4) is 0 Å². The quantitative estimate of drug-likeness (QED) is 0.106. The Hall–Kier alpha value is -0.606. The van der Waals surface area contributed by atoms with E-state index in [-0.39, 0.29) is 0 Å². The molecule has 0 aromatic rings. The summed E-state index contributed by atoms with van der Waals surface area (Å²) < 4.78 is 0. The zero-order valence-electron chi connectivity index (χ0n) is 21.1. The fourth-order valence-electron chi connectivity index (χ4n) is 0. The predicted molar refractivity (Wildman–Crippen MR) is 137 cm³/mol. The van der Waals surface area contributed by atoms with E-state index < -0.39 is 80.5 Å². The molecule has 0 saturated heterocycles. The summed E-state index contributed by atoms with van der Waals surface area (Å²) in [4.78, 5) is 0. The number of hydrogen-bond donors (Lipinski definition) is 33. The zero-order valence-corrected chi connectivity index (χ0v) is 21.1. The van der Waals surface area contributed by atoms with Crippen LogP contribution in [0.1, 0.15) is 0 Å². The molecular formula is H33B11O33. The Labute approximate surface area is 247 Å². The highest BCUT2D eigenvalue weighted by Crippen LogP contribution is 1.44. The van der Waals surface area contributed by atoms with E-state index in [1.165, 1.54) is 0 Å². The van der Waals surface area contributed by atoms with Crippen LogP contribution in [0.3, 0.4) is 0 Å². The SMILES string of the molecule is OB(O)O.OB(O)O.OB(O)O.OB(O)O.OB(O)O.OB(O)O.OB(O)O.OB(O)O.OB(O)O.OB(O)O.OB(O)O. The molecule has 0 bridgehead atoms. The second-order valence-corrected chi connectivity index (χ2v) is 3.81. The Kier molecular flexibility index (Phi) is 117. The Morgan fingerprint density at radius 2 is 0.0909 bits per heavy atom. The van der Waals surface area contributed by atoms with Crippen molar-refractivity contribution < 1.29 is 166 Å². The monoisotopic (exact) mass is 682 g/mol. The van der Waals surface area contributed by atoms with Crippen LogP contribution in [0.5, 0.6) is 0 Å². The van der Waals surface area contributed by atoms with Crippen LogP contribution in [-0.2, 0) is 0 Å². The van der Waals surface area contributed by atoms with E-state index in [1.54, 1.807) is 0 Å². The van der Waals surface area contributed by atoms with Crippen molar-refractivity contribution in [2.75, 3.05) is 0 Å². The van der Waals surface area contributed by atoms with Gasteiger partial charge in [-0.2, -0.15) is 0 Å². The summed E-state index contributed by atoms with van der Waals surface area (Å²) in [6, 6.07) is 0. The molecule has 0 amide bonds. The molecule has 264 valence electrons. The summed E-state index contributed by atoms with van der Waals surface area (Å²) in [5.41, 5.74) is 0. The van der Waals surface area contributed by atoms with E-state index in [1.807, 2.05) is 0 Å². The molecule has 44 heavy (non-hydrogen) atoms. The molecular weight excluding hydrogens is 647 g/mol. The van der Waals surface area contributed by atoms with Crippen LogP contribution in [0.2, 0.25) is 0 Å². The maximum atomic E-state index is 7.17. The van der Waals surface area contributed by atoms with Gasteiger partial charge in [-0.25, -0.2) is 0 Å². The smallest absolute Gasteiger partial charge is 0.402 e. The molecule has 0 aliphatic rings. The third-order valence-corrected chi connectivity index (χ3v) is 0. The average Bonchev–Trinajstić information content (AvgIpc) is 2.55. The molecule has 44 heteroatoms. The van der Waals surface area contributed by atoms with Crippen molar-refractivity contribution in [1.82, 2.24) is 0 Å². The van der Waals surface area contributed by atoms with Crippen LogP contribution in [0, 0.1) is 0 Å². The molecule has 0 aliphatic heterocycles. The zero-order chi connectivity index (χ0) is 39.4. The lowest BCUT2D eigenvalue weighted by molar-refractivity contribution is 0.276. The van der Waals surface area contributed by atoms with Crippen LogP contribution in [-0.4, -0.2) is 246 Å². The Balaban J connectivity index is -0.0000000302. The first kappa shape index (κ1) is 74.3. The molecule has 0 rings (SSSR count). The van der Waals surface area contributed by atoms with Crippen LogP contribution >= 0.6 is 0 Å². The second-order valence-electron chi connectivity index (χ2n) is 3.81. The molecule has 33 N–H and O–H groups in total. The van der Waals surface area contributed by atoms with Crippen molar-refractivity contribution in [1.29, 1.82) is 0 Å². The lowest BCUT2D eigenvalue weighted by Crippen LogP contribution is -2.07. The van der Waals surface area contributed by atoms with Crippen molar-refractivity contribution in [3.63, 3.8) is 0 Å². The van der Waals surface area contributed by atoms with Crippen molar-refractivity contribution in [2.24, 2.45) is 0 Å². The molecule has 0 fully saturated rings. The van der Waals surface area contributed by atoms with Crippen LogP contribution < -0.4 is 0 Å². The number of hydrogen-bond acceptors (Lipinski definition) is 33. The van der Waals surface area contributed by atoms with Gasteiger partial charge < -0.3 is 166 Å². The lowest BCUT2D eigenvalue weighted by atomic mass is 10.3. The lowest BCUT2D eigenvalue weighted by Gasteiger charge is -1.69. The van der Waals surface area contributed by atoms with Gasteiger partial charge in [-0.1, -0.05) is 0 Å². The first-order valence-electron chi connectivity index (χ1n) is 8.52. The van der Waals surface area contributed by atoms with Gasteiger partial charge in [-0.3, -0.25) is 0 Å². The van der Waals surface area contributed by atoms with Crippen molar-refractivity contribution >= 4 is 80.5 Å². The normalized spacial score (nSPS) is 6.75. The van der Waals surface area contributed by atoms with Gasteiger partial charge in [-0.05, 0) is 0 Å². The highest BCUT2D eigenvalue weighted by Gasteiger charge is 1.96. The fourth-order valence-corrected chi connectivity index (χ4v) is 0. The van der Waals surface area contributed by atoms with Gasteiger partial charge in [0.1, 0.15) is 0 Å². The molecule has 0 radical (unpaired) electrons. The second kappa shape index (κ2) is 69.2. The van der Waals surface area contributed by atoms with E-state index in [2.05, 4.69) is 0 Å². The van der Waals surface area contributed by atoms with Crippen LogP contribution in [0.25, 0.3) is 0 Å². The predicted octanol–water partition coefficient (Wildman–Crippen LogP) is -22.6. The fraction of sp³-hybridized carbons (Fsp3) is 0. The summed E-state index contributed by atoms with van der Waals surface area (Å²) in [5.74, 6) is 0. The minimum Gasteiger partial charge on any atom is -0.402 e. The first-order valence-corrected chi connectivity index (χ1v) is 8.52. The van der Waals surface area contributed by atoms with Gasteiger partial charge in [0, 0.05) is 0 Å². The van der Waals surface area contributed by atoms with Gasteiger partial charge in [0.25, 0.3) is 0 Å². The summed E-state index contributed by atoms with van der Waals surface area (Å²) in [6.45, 7) is 0. The summed E-state index contributed by atoms with van der Waals surface area (Å²) in [7, 11) is -23.8. The largest absolute Gasteiger partial charge is 0.631 e. The van der Waals surface area contributed by atoms with Gasteiger partial charge >= 0.3 is 80.5 Å². The third kappa shape index (κ3) is 184000. The van der Waals surface area contributed by atoms with E-state index in [0.29, 0.717) is 0 Å². The summed E-state index contributed by atoms with van der Waals surface area (Å²) in [5, 5.41) is 236. The topological polar surface area (TPSA) is 668 Å². The van der Waals surface area contributed by atoms with Crippen LogP contribution in [0.4, 0.5) is 0 Å². The summed E-state index contributed by atoms with van der Waals surface area (Å²) >= 11 is 0. The molecule has 0 unspecified atom stereocenters. The highest BCUT2D eigenvalue weighted by molar-refractivity contribution is 6.32. The van der Waals surface area contributed by atoms with Crippen molar-refractivity contribution in [2.45, 2.75) is 0 Å². The Bertz CT molecular complexity index is 202. The standard InChI is InChI=1S/11BH3O3/c11*2-1(3)4/h11*2-4H. The van der Waals surface area contributed by atoms with Gasteiger partial charge in [0.2, 0.25) is 0 Å². The third-order valence-electron chi connectivity index (χ3n) is 0. The molecule has 0 saturated carbocycles. The molecule has 0 atom stereocenters. The maximum absolute atomic E-state index is 7.17. The first-order chi connectivity index (χ1) is 19.1. The molecule has 0 aromatic carbocycles. The van der Waals surface area contributed by atoms with Gasteiger partial charge in [-0.15, -0.1) is 0 Å². The van der Waals surface area contributed by atoms with Gasteiger partial charge in [0.05, 0.1) is 0 Å². The molecule has 0 heterocycles. The van der Waals surface area contributed by atoms with E-state index in [0.717, 1.165) is 0 Å². The molecule has 33 nitrogen and oxygen atoms in total. The molecule has 0 spiro atoms. The maximum Gasteiger partial charge on any atom is 0.631 e. The van der Waals surface area contributed by atoms with E-state index in [9.17, 15) is 0 Å². The van der Waals surface area contributed by atoms with E-state index >= 15 is 0 Å². The van der Waals surface area contributed by atoms with E-state index in [4.69, 9.17) is 166 Å². The van der Waals surface area contributed by atoms with Crippen molar-refractivity contribution in [3.05, 3.63) is 0 Å². The minimum atomic E-state index is -2.17. The minimum absolute atomic E-state index is 2.17. The molecule has 0 aromatic heterocycles. The Morgan fingerprint density at radius 3 is 0.0909 bits per heavy atom. The molecule has 0 aliphatic carbocycles. The highest BCUT2D eigenvalue weighted by atomic mass is 16.6. The summed E-state index contributed by atoms with van der Waals surface area (Å²) in [6.07, 6.45) is 0. The Morgan fingerprint density at radius 1 is 0.0909 bits per heavy atom.